The Morgan fingerprint density at radius 1 is 1.33 bits per heavy atom. The third-order valence-electron chi connectivity index (χ3n) is 2.08. The fourth-order valence-electron chi connectivity index (χ4n) is 1.19. The standard InChI is InChI=1S/C12H16BrNO4/c1-16-8-9-17-6-3-7-18-12(15)10-4-2-5-14-11(10)13/h2,4-5H,3,6-9H2,1H3. The van der Waals surface area contributed by atoms with Crippen molar-refractivity contribution in [3.05, 3.63) is 28.5 Å². The molecule has 5 nitrogen and oxygen atoms in total. The van der Waals surface area contributed by atoms with Crippen LogP contribution in [0.25, 0.3) is 0 Å². The van der Waals surface area contributed by atoms with Crippen LogP contribution in [-0.2, 0) is 14.2 Å². The lowest BCUT2D eigenvalue weighted by molar-refractivity contribution is 0.0384. The number of rotatable bonds is 8. The molecular formula is C12H16BrNO4. The number of hydrogen-bond donors (Lipinski definition) is 0. The van der Waals surface area contributed by atoms with Gasteiger partial charge in [0, 0.05) is 26.3 Å². The van der Waals surface area contributed by atoms with E-state index in [1.807, 2.05) is 0 Å². The maximum atomic E-state index is 11.6. The number of nitrogens with zero attached hydrogens (tertiary/aromatic N) is 1. The van der Waals surface area contributed by atoms with Gasteiger partial charge in [0.1, 0.15) is 4.60 Å². The van der Waals surface area contributed by atoms with Crippen LogP contribution in [0.15, 0.2) is 22.9 Å². The van der Waals surface area contributed by atoms with Crippen molar-refractivity contribution in [2.45, 2.75) is 6.42 Å². The molecule has 0 atom stereocenters. The molecule has 1 heterocycles. The van der Waals surface area contributed by atoms with Crippen molar-refractivity contribution < 1.29 is 19.0 Å². The van der Waals surface area contributed by atoms with Crippen LogP contribution in [-0.4, -0.2) is 44.5 Å². The van der Waals surface area contributed by atoms with Gasteiger partial charge in [-0.3, -0.25) is 0 Å². The fourth-order valence-corrected chi connectivity index (χ4v) is 1.60. The van der Waals surface area contributed by atoms with Crippen molar-refractivity contribution in [2.75, 3.05) is 33.5 Å². The average Bonchev–Trinajstić information content (AvgIpc) is 2.38. The summed E-state index contributed by atoms with van der Waals surface area (Å²) in [5.41, 5.74) is 0.429. The zero-order valence-electron chi connectivity index (χ0n) is 10.2. The van der Waals surface area contributed by atoms with Crippen LogP contribution < -0.4 is 0 Å². The molecule has 0 aliphatic rings. The highest BCUT2D eigenvalue weighted by molar-refractivity contribution is 9.10. The normalized spacial score (nSPS) is 10.3. The molecule has 6 heteroatoms. The van der Waals surface area contributed by atoms with Crippen LogP contribution in [0.4, 0.5) is 0 Å². The van der Waals surface area contributed by atoms with E-state index in [9.17, 15) is 4.79 Å². The first-order chi connectivity index (χ1) is 8.75. The predicted octanol–water partition coefficient (Wildman–Crippen LogP) is 2.05. The van der Waals surface area contributed by atoms with Crippen LogP contribution in [0, 0.1) is 0 Å². The van der Waals surface area contributed by atoms with E-state index >= 15 is 0 Å². The summed E-state index contributed by atoms with van der Waals surface area (Å²) in [5, 5.41) is 0. The second-order valence-electron chi connectivity index (χ2n) is 3.44. The van der Waals surface area contributed by atoms with E-state index in [0.717, 1.165) is 0 Å². The number of pyridine rings is 1. The van der Waals surface area contributed by atoms with Crippen LogP contribution in [0.2, 0.25) is 0 Å². The topological polar surface area (TPSA) is 57.7 Å². The van der Waals surface area contributed by atoms with E-state index in [-0.39, 0.29) is 5.97 Å². The Morgan fingerprint density at radius 3 is 2.89 bits per heavy atom. The van der Waals surface area contributed by atoms with Crippen molar-refractivity contribution in [3.63, 3.8) is 0 Å². The van der Waals surface area contributed by atoms with Gasteiger partial charge in [-0.25, -0.2) is 9.78 Å². The summed E-state index contributed by atoms with van der Waals surface area (Å²) in [6, 6.07) is 3.35. The van der Waals surface area contributed by atoms with Crippen molar-refractivity contribution in [2.24, 2.45) is 0 Å². The highest BCUT2D eigenvalue weighted by atomic mass is 79.9. The summed E-state index contributed by atoms with van der Waals surface area (Å²) in [4.78, 5) is 15.6. The van der Waals surface area contributed by atoms with Crippen molar-refractivity contribution in [3.8, 4) is 0 Å². The SMILES string of the molecule is COCCOCCCOC(=O)c1cccnc1Br. The lowest BCUT2D eigenvalue weighted by Gasteiger charge is -2.06. The van der Waals surface area contributed by atoms with Gasteiger partial charge in [-0.05, 0) is 28.1 Å². The number of carbonyl (C=O) groups excluding carboxylic acids is 1. The van der Waals surface area contributed by atoms with Crippen LogP contribution in [0.5, 0.6) is 0 Å². The van der Waals surface area contributed by atoms with Crippen LogP contribution >= 0.6 is 15.9 Å². The second kappa shape index (κ2) is 9.02. The molecule has 0 unspecified atom stereocenters. The first kappa shape index (κ1) is 15.1. The molecule has 0 N–H and O–H groups in total. The molecule has 1 aromatic heterocycles. The van der Waals surface area contributed by atoms with Crippen molar-refractivity contribution in [1.29, 1.82) is 0 Å². The smallest absolute Gasteiger partial charge is 0.340 e. The van der Waals surface area contributed by atoms with Gasteiger partial charge >= 0.3 is 5.97 Å². The highest BCUT2D eigenvalue weighted by Crippen LogP contribution is 2.13. The fraction of sp³-hybridized carbons (Fsp3) is 0.500. The molecule has 0 spiro atoms. The minimum Gasteiger partial charge on any atom is -0.462 e. The van der Waals surface area contributed by atoms with Gasteiger partial charge in [0.2, 0.25) is 0 Å². The van der Waals surface area contributed by atoms with E-state index in [2.05, 4.69) is 20.9 Å². The number of aromatic nitrogens is 1. The van der Waals surface area contributed by atoms with Gasteiger partial charge in [0.25, 0.3) is 0 Å². The highest BCUT2D eigenvalue weighted by Gasteiger charge is 2.11. The Morgan fingerprint density at radius 2 is 2.17 bits per heavy atom. The second-order valence-corrected chi connectivity index (χ2v) is 4.19. The maximum Gasteiger partial charge on any atom is 0.340 e. The van der Waals surface area contributed by atoms with E-state index in [1.54, 1.807) is 25.4 Å². The minimum atomic E-state index is -0.383. The van der Waals surface area contributed by atoms with E-state index < -0.39 is 0 Å². The maximum absolute atomic E-state index is 11.6. The molecule has 0 radical (unpaired) electrons. The number of esters is 1. The summed E-state index contributed by atoms with van der Waals surface area (Å²) >= 11 is 3.20. The van der Waals surface area contributed by atoms with Gasteiger partial charge in [-0.1, -0.05) is 0 Å². The Labute approximate surface area is 115 Å². The van der Waals surface area contributed by atoms with Crippen molar-refractivity contribution in [1.82, 2.24) is 4.98 Å². The summed E-state index contributed by atoms with van der Waals surface area (Å²) in [7, 11) is 1.62. The van der Waals surface area contributed by atoms with Gasteiger partial charge in [0.05, 0.1) is 25.4 Å². The van der Waals surface area contributed by atoms with Gasteiger partial charge in [-0.15, -0.1) is 0 Å². The van der Waals surface area contributed by atoms with Crippen LogP contribution in [0.1, 0.15) is 16.8 Å². The number of carbonyl (C=O) groups is 1. The molecule has 0 saturated heterocycles. The van der Waals surface area contributed by atoms with Gasteiger partial charge in [0.15, 0.2) is 0 Å². The van der Waals surface area contributed by atoms with E-state index in [4.69, 9.17) is 14.2 Å². The zero-order valence-corrected chi connectivity index (χ0v) is 11.8. The zero-order chi connectivity index (χ0) is 13.2. The Kier molecular flexibility index (Phi) is 7.55. The van der Waals surface area contributed by atoms with Crippen LogP contribution in [0.3, 0.4) is 0 Å². The van der Waals surface area contributed by atoms with E-state index in [1.165, 1.54) is 0 Å². The van der Waals surface area contributed by atoms with Gasteiger partial charge in [-0.2, -0.15) is 0 Å². The molecule has 1 aromatic rings. The molecule has 0 saturated carbocycles. The molecule has 0 amide bonds. The Bertz CT molecular complexity index is 373. The van der Waals surface area contributed by atoms with Gasteiger partial charge < -0.3 is 14.2 Å². The number of halogens is 1. The average molecular weight is 318 g/mol. The number of methoxy groups -OCH3 is 1. The molecule has 0 aromatic carbocycles. The quantitative estimate of drug-likeness (QED) is 0.417. The molecule has 0 aliphatic heterocycles. The summed E-state index contributed by atoms with van der Waals surface area (Å²) in [5.74, 6) is -0.383. The first-order valence-corrected chi connectivity index (χ1v) is 6.39. The molecule has 18 heavy (non-hydrogen) atoms. The Balaban J connectivity index is 2.16. The predicted molar refractivity (Wildman–Crippen MR) is 69.5 cm³/mol. The monoisotopic (exact) mass is 317 g/mol. The molecule has 1 rings (SSSR count). The molecule has 0 aliphatic carbocycles. The largest absolute Gasteiger partial charge is 0.462 e. The van der Waals surface area contributed by atoms with Crippen molar-refractivity contribution >= 4 is 21.9 Å². The summed E-state index contributed by atoms with van der Waals surface area (Å²) in [6.45, 7) is 2.00. The minimum absolute atomic E-state index is 0.327. The lowest BCUT2D eigenvalue weighted by atomic mass is 10.3. The first-order valence-electron chi connectivity index (χ1n) is 5.60. The molecular weight excluding hydrogens is 302 g/mol. The number of hydrogen-bond acceptors (Lipinski definition) is 5. The third kappa shape index (κ3) is 5.57. The Hall–Kier alpha value is -0.980. The van der Waals surface area contributed by atoms with E-state index in [0.29, 0.717) is 43.0 Å². The molecule has 0 fully saturated rings. The molecule has 100 valence electrons. The summed E-state index contributed by atoms with van der Waals surface area (Å²) < 4.78 is 15.7. The third-order valence-corrected chi connectivity index (χ3v) is 2.71. The molecule has 0 bridgehead atoms. The number of ether oxygens (including phenoxy) is 3. The summed E-state index contributed by atoms with van der Waals surface area (Å²) in [6.07, 6.45) is 2.26. The lowest BCUT2D eigenvalue weighted by Crippen LogP contribution is -2.10.